The highest BCUT2D eigenvalue weighted by Gasteiger charge is 2.20. The molecule has 1 aromatic rings. The molecule has 2 rings (SSSR count). The maximum atomic E-state index is 5.81. The van der Waals surface area contributed by atoms with E-state index >= 15 is 0 Å². The van der Waals surface area contributed by atoms with Crippen molar-refractivity contribution in [3.05, 3.63) is 23.7 Å². The fourth-order valence-corrected chi connectivity index (χ4v) is 2.09. The van der Waals surface area contributed by atoms with Gasteiger partial charge in [-0.25, -0.2) is 0 Å². The van der Waals surface area contributed by atoms with Gasteiger partial charge in [-0.3, -0.25) is 4.90 Å². The molecule has 17 heavy (non-hydrogen) atoms. The Morgan fingerprint density at radius 3 is 2.71 bits per heavy atom. The van der Waals surface area contributed by atoms with E-state index in [2.05, 4.69) is 43.2 Å². The second-order valence-corrected chi connectivity index (χ2v) is 5.61. The lowest BCUT2D eigenvalue weighted by atomic mass is 10.2. The Bertz CT molecular complexity index is 342. The maximum Gasteiger partial charge on any atom is 0.118 e. The number of furan rings is 1. The van der Waals surface area contributed by atoms with Gasteiger partial charge in [0.05, 0.1) is 13.1 Å². The highest BCUT2D eigenvalue weighted by molar-refractivity contribution is 5.07. The Balaban J connectivity index is 1.76. The van der Waals surface area contributed by atoms with Crippen molar-refractivity contribution in [2.24, 2.45) is 5.92 Å². The topological polar surface area (TPSA) is 28.4 Å². The van der Waals surface area contributed by atoms with Gasteiger partial charge in [0.25, 0.3) is 0 Å². The SMILES string of the molecule is CC(C)CN(C)Cc1ccc(CNC2CC2)o1. The summed E-state index contributed by atoms with van der Waals surface area (Å²) in [5.74, 6) is 2.83. The zero-order chi connectivity index (χ0) is 12.3. The molecule has 0 amide bonds. The molecule has 1 N–H and O–H groups in total. The Morgan fingerprint density at radius 2 is 2.06 bits per heavy atom. The average Bonchev–Trinajstić information content (AvgIpc) is 2.96. The third-order valence-corrected chi connectivity index (χ3v) is 2.96. The minimum Gasteiger partial charge on any atom is -0.463 e. The van der Waals surface area contributed by atoms with Crippen molar-refractivity contribution < 1.29 is 4.42 Å². The van der Waals surface area contributed by atoms with Gasteiger partial charge in [0.2, 0.25) is 0 Å². The molecule has 1 aliphatic rings. The van der Waals surface area contributed by atoms with Gasteiger partial charge in [-0.2, -0.15) is 0 Å². The van der Waals surface area contributed by atoms with Crippen LogP contribution in [0.5, 0.6) is 0 Å². The van der Waals surface area contributed by atoms with Crippen molar-refractivity contribution in [3.63, 3.8) is 0 Å². The molecule has 0 saturated heterocycles. The summed E-state index contributed by atoms with van der Waals surface area (Å²) in [5, 5.41) is 3.46. The molecule has 0 unspecified atom stereocenters. The lowest BCUT2D eigenvalue weighted by Gasteiger charge is -2.17. The number of hydrogen-bond donors (Lipinski definition) is 1. The standard InChI is InChI=1S/C14H24N2O/c1-11(2)9-16(3)10-14-7-6-13(17-14)8-15-12-4-5-12/h6-7,11-12,15H,4-5,8-10H2,1-3H3. The summed E-state index contributed by atoms with van der Waals surface area (Å²) in [5.41, 5.74) is 0. The van der Waals surface area contributed by atoms with E-state index in [0.717, 1.165) is 37.2 Å². The maximum absolute atomic E-state index is 5.81. The van der Waals surface area contributed by atoms with Gasteiger partial charge in [0.15, 0.2) is 0 Å². The van der Waals surface area contributed by atoms with Crippen LogP contribution in [0.15, 0.2) is 16.5 Å². The highest BCUT2D eigenvalue weighted by Crippen LogP contribution is 2.19. The van der Waals surface area contributed by atoms with Crippen LogP contribution in [-0.4, -0.2) is 24.5 Å². The molecule has 1 saturated carbocycles. The first kappa shape index (κ1) is 12.7. The van der Waals surface area contributed by atoms with E-state index in [-0.39, 0.29) is 0 Å². The third kappa shape index (κ3) is 4.52. The van der Waals surface area contributed by atoms with E-state index in [1.54, 1.807) is 0 Å². The lowest BCUT2D eigenvalue weighted by Crippen LogP contribution is -2.22. The summed E-state index contributed by atoms with van der Waals surface area (Å²) in [6, 6.07) is 4.93. The molecule has 3 heteroatoms. The molecule has 0 bridgehead atoms. The van der Waals surface area contributed by atoms with E-state index < -0.39 is 0 Å². The van der Waals surface area contributed by atoms with Crippen LogP contribution in [0.3, 0.4) is 0 Å². The molecule has 1 aliphatic carbocycles. The van der Waals surface area contributed by atoms with Crippen LogP contribution in [0, 0.1) is 5.92 Å². The predicted molar refractivity (Wildman–Crippen MR) is 69.7 cm³/mol. The van der Waals surface area contributed by atoms with Gasteiger partial charge in [-0.05, 0) is 37.9 Å². The van der Waals surface area contributed by atoms with Crippen molar-refractivity contribution in [1.82, 2.24) is 10.2 Å². The minimum absolute atomic E-state index is 0.700. The van der Waals surface area contributed by atoms with Gasteiger partial charge < -0.3 is 9.73 Å². The molecule has 0 radical (unpaired) electrons. The molecular formula is C14H24N2O. The van der Waals surface area contributed by atoms with Crippen molar-refractivity contribution in [1.29, 1.82) is 0 Å². The monoisotopic (exact) mass is 236 g/mol. The summed E-state index contributed by atoms with van der Waals surface area (Å²) in [7, 11) is 2.14. The summed E-state index contributed by atoms with van der Waals surface area (Å²) in [4.78, 5) is 2.31. The first-order chi connectivity index (χ1) is 8.13. The molecule has 1 aromatic heterocycles. The molecule has 0 aromatic carbocycles. The van der Waals surface area contributed by atoms with Gasteiger partial charge in [0.1, 0.15) is 11.5 Å². The van der Waals surface area contributed by atoms with Gasteiger partial charge >= 0.3 is 0 Å². The third-order valence-electron chi connectivity index (χ3n) is 2.96. The summed E-state index contributed by atoms with van der Waals surface area (Å²) in [6.45, 7) is 7.36. The number of nitrogens with zero attached hydrogens (tertiary/aromatic N) is 1. The summed E-state index contributed by atoms with van der Waals surface area (Å²) < 4.78 is 5.81. The van der Waals surface area contributed by atoms with Crippen molar-refractivity contribution in [3.8, 4) is 0 Å². The van der Waals surface area contributed by atoms with Crippen LogP contribution in [-0.2, 0) is 13.1 Å². The average molecular weight is 236 g/mol. The summed E-state index contributed by atoms with van der Waals surface area (Å²) in [6.07, 6.45) is 2.65. The molecule has 1 heterocycles. The van der Waals surface area contributed by atoms with Crippen molar-refractivity contribution >= 4 is 0 Å². The molecular weight excluding hydrogens is 212 g/mol. The second-order valence-electron chi connectivity index (χ2n) is 5.61. The van der Waals surface area contributed by atoms with Crippen LogP contribution in [0.4, 0.5) is 0 Å². The molecule has 0 spiro atoms. The van der Waals surface area contributed by atoms with Gasteiger partial charge in [-0.15, -0.1) is 0 Å². The second kappa shape index (κ2) is 5.69. The molecule has 0 aliphatic heterocycles. The van der Waals surface area contributed by atoms with Crippen LogP contribution in [0.25, 0.3) is 0 Å². The zero-order valence-corrected chi connectivity index (χ0v) is 11.2. The summed E-state index contributed by atoms with van der Waals surface area (Å²) >= 11 is 0. The number of nitrogens with one attached hydrogen (secondary N) is 1. The van der Waals surface area contributed by atoms with Crippen LogP contribution in [0.2, 0.25) is 0 Å². The normalized spacial score (nSPS) is 16.1. The van der Waals surface area contributed by atoms with Crippen molar-refractivity contribution in [2.75, 3.05) is 13.6 Å². The molecule has 1 fully saturated rings. The molecule has 0 atom stereocenters. The first-order valence-electron chi connectivity index (χ1n) is 6.63. The van der Waals surface area contributed by atoms with Crippen LogP contribution < -0.4 is 5.32 Å². The van der Waals surface area contributed by atoms with E-state index in [1.165, 1.54) is 12.8 Å². The Hall–Kier alpha value is -0.800. The van der Waals surface area contributed by atoms with Crippen LogP contribution in [0.1, 0.15) is 38.2 Å². The van der Waals surface area contributed by atoms with Gasteiger partial charge in [-0.1, -0.05) is 13.8 Å². The zero-order valence-electron chi connectivity index (χ0n) is 11.2. The van der Waals surface area contributed by atoms with E-state index in [1.807, 2.05) is 0 Å². The van der Waals surface area contributed by atoms with Crippen LogP contribution >= 0.6 is 0 Å². The number of rotatable bonds is 7. The highest BCUT2D eigenvalue weighted by atomic mass is 16.3. The quantitative estimate of drug-likeness (QED) is 0.789. The molecule has 96 valence electrons. The first-order valence-corrected chi connectivity index (χ1v) is 6.63. The Morgan fingerprint density at radius 1 is 1.35 bits per heavy atom. The van der Waals surface area contributed by atoms with E-state index in [4.69, 9.17) is 4.42 Å². The number of hydrogen-bond acceptors (Lipinski definition) is 3. The predicted octanol–water partition coefficient (Wildman–Crippen LogP) is 2.62. The van der Waals surface area contributed by atoms with E-state index in [9.17, 15) is 0 Å². The largest absolute Gasteiger partial charge is 0.463 e. The fraction of sp³-hybridized carbons (Fsp3) is 0.714. The molecule has 3 nitrogen and oxygen atoms in total. The lowest BCUT2D eigenvalue weighted by molar-refractivity contribution is 0.261. The minimum atomic E-state index is 0.700. The Kier molecular flexibility index (Phi) is 4.24. The van der Waals surface area contributed by atoms with E-state index in [0.29, 0.717) is 5.92 Å². The van der Waals surface area contributed by atoms with Gasteiger partial charge in [0, 0.05) is 12.6 Å². The van der Waals surface area contributed by atoms with Crippen molar-refractivity contribution in [2.45, 2.75) is 45.8 Å². The smallest absolute Gasteiger partial charge is 0.118 e. The Labute approximate surface area is 104 Å². The fourth-order valence-electron chi connectivity index (χ4n) is 2.09.